The monoisotopic (exact) mass is 396 g/mol. The second-order valence-corrected chi connectivity index (χ2v) is 7.87. The van der Waals surface area contributed by atoms with E-state index in [1.807, 2.05) is 6.92 Å². The number of anilines is 1. The van der Waals surface area contributed by atoms with E-state index in [0.717, 1.165) is 18.4 Å². The van der Waals surface area contributed by atoms with Crippen molar-refractivity contribution in [2.45, 2.75) is 31.8 Å². The van der Waals surface area contributed by atoms with E-state index in [-0.39, 0.29) is 35.6 Å². The minimum atomic E-state index is -0.313. The van der Waals surface area contributed by atoms with E-state index in [1.165, 1.54) is 12.1 Å². The summed E-state index contributed by atoms with van der Waals surface area (Å²) in [6.45, 7) is 3.60. The van der Waals surface area contributed by atoms with Crippen LogP contribution < -0.4 is 5.32 Å². The van der Waals surface area contributed by atoms with E-state index < -0.39 is 0 Å². The van der Waals surface area contributed by atoms with E-state index in [2.05, 4.69) is 5.32 Å². The van der Waals surface area contributed by atoms with Gasteiger partial charge in [0.2, 0.25) is 5.91 Å². The highest BCUT2D eigenvalue weighted by Gasteiger charge is 2.37. The molecule has 5 nitrogen and oxygen atoms in total. The molecule has 2 aromatic carbocycles. The maximum atomic E-state index is 13.3. The van der Waals surface area contributed by atoms with Crippen molar-refractivity contribution in [3.05, 3.63) is 65.5 Å². The van der Waals surface area contributed by atoms with Crippen molar-refractivity contribution in [3.8, 4) is 0 Å². The summed E-state index contributed by atoms with van der Waals surface area (Å²) >= 11 is 0. The van der Waals surface area contributed by atoms with Crippen LogP contribution in [0, 0.1) is 11.7 Å². The first-order valence-corrected chi connectivity index (χ1v) is 10.1. The molecule has 152 valence electrons. The van der Waals surface area contributed by atoms with Gasteiger partial charge in [-0.25, -0.2) is 4.39 Å². The van der Waals surface area contributed by atoms with Crippen LogP contribution >= 0.6 is 0 Å². The molecule has 1 N–H and O–H groups in total. The van der Waals surface area contributed by atoms with Crippen molar-refractivity contribution >= 4 is 17.5 Å². The van der Waals surface area contributed by atoms with Gasteiger partial charge in [0.25, 0.3) is 5.91 Å². The predicted octanol–water partition coefficient (Wildman–Crippen LogP) is 3.82. The van der Waals surface area contributed by atoms with Gasteiger partial charge in [0.1, 0.15) is 5.82 Å². The zero-order chi connectivity index (χ0) is 20.4. The van der Waals surface area contributed by atoms with Gasteiger partial charge in [0.15, 0.2) is 0 Å². The van der Waals surface area contributed by atoms with Crippen LogP contribution in [0.5, 0.6) is 0 Å². The summed E-state index contributed by atoms with van der Waals surface area (Å²) in [6, 6.07) is 13.2. The molecule has 1 aliphatic heterocycles. The molecule has 1 saturated heterocycles. The third-order valence-electron chi connectivity index (χ3n) is 5.51. The number of benzene rings is 2. The first-order valence-electron chi connectivity index (χ1n) is 10.1. The number of amides is 2. The SMILES string of the molecule is CC1CN(C(=O)c2cccc(NC(=O)C(c3ccc(F)cc3)C3CC3)c2)CCO1. The number of rotatable bonds is 5. The molecular formula is C23H25FN2O3. The number of nitrogens with one attached hydrogen (secondary N) is 1. The molecule has 2 fully saturated rings. The van der Waals surface area contributed by atoms with Crippen molar-refractivity contribution in [2.24, 2.45) is 5.92 Å². The van der Waals surface area contributed by atoms with Gasteiger partial charge in [-0.15, -0.1) is 0 Å². The van der Waals surface area contributed by atoms with Crippen LogP contribution in [0.3, 0.4) is 0 Å². The fourth-order valence-electron chi connectivity index (χ4n) is 3.87. The van der Waals surface area contributed by atoms with Crippen LogP contribution in [-0.2, 0) is 9.53 Å². The lowest BCUT2D eigenvalue weighted by atomic mass is 9.93. The minimum absolute atomic E-state index is 0.0191. The van der Waals surface area contributed by atoms with E-state index in [1.54, 1.807) is 41.3 Å². The van der Waals surface area contributed by atoms with Crippen molar-refractivity contribution < 1.29 is 18.7 Å². The quantitative estimate of drug-likeness (QED) is 0.836. The molecule has 2 aromatic rings. The van der Waals surface area contributed by atoms with Gasteiger partial charge in [-0.3, -0.25) is 9.59 Å². The Balaban J connectivity index is 1.48. The smallest absolute Gasteiger partial charge is 0.254 e. The van der Waals surface area contributed by atoms with Gasteiger partial charge in [-0.05, 0) is 61.6 Å². The molecule has 4 rings (SSSR count). The second-order valence-electron chi connectivity index (χ2n) is 7.87. The van der Waals surface area contributed by atoms with Crippen molar-refractivity contribution in [3.63, 3.8) is 0 Å². The highest BCUT2D eigenvalue weighted by atomic mass is 19.1. The maximum Gasteiger partial charge on any atom is 0.254 e. The minimum Gasteiger partial charge on any atom is -0.375 e. The molecule has 0 bridgehead atoms. The summed E-state index contributed by atoms with van der Waals surface area (Å²) in [5, 5.41) is 2.96. The molecule has 1 aliphatic carbocycles. The summed E-state index contributed by atoms with van der Waals surface area (Å²) in [5.41, 5.74) is 1.96. The first-order chi connectivity index (χ1) is 14.0. The predicted molar refractivity (Wildman–Crippen MR) is 108 cm³/mol. The number of morpholine rings is 1. The number of nitrogens with zero attached hydrogens (tertiary/aromatic N) is 1. The molecule has 2 aliphatic rings. The average Bonchev–Trinajstić information content (AvgIpc) is 3.54. The molecule has 1 heterocycles. The molecule has 0 spiro atoms. The average molecular weight is 396 g/mol. The lowest BCUT2D eigenvalue weighted by molar-refractivity contribution is -0.118. The number of ether oxygens (including phenoxy) is 1. The van der Waals surface area contributed by atoms with Gasteiger partial charge in [0.05, 0.1) is 18.6 Å². The third kappa shape index (κ3) is 4.65. The summed E-state index contributed by atoms with van der Waals surface area (Å²) < 4.78 is 18.8. The van der Waals surface area contributed by atoms with Crippen LogP contribution in [0.25, 0.3) is 0 Å². The highest BCUT2D eigenvalue weighted by molar-refractivity contribution is 5.99. The summed E-state index contributed by atoms with van der Waals surface area (Å²) in [5.74, 6) is -0.528. The van der Waals surface area contributed by atoms with E-state index in [0.29, 0.717) is 30.9 Å². The Morgan fingerprint density at radius 3 is 2.62 bits per heavy atom. The molecular weight excluding hydrogens is 371 g/mol. The van der Waals surface area contributed by atoms with Crippen LogP contribution in [0.1, 0.15) is 41.6 Å². The van der Waals surface area contributed by atoms with Crippen LogP contribution in [0.4, 0.5) is 10.1 Å². The molecule has 1 saturated carbocycles. The number of carbonyl (C=O) groups excluding carboxylic acids is 2. The lowest BCUT2D eigenvalue weighted by Crippen LogP contribution is -2.44. The molecule has 0 radical (unpaired) electrons. The Labute approximate surface area is 169 Å². The van der Waals surface area contributed by atoms with E-state index in [4.69, 9.17) is 4.74 Å². The van der Waals surface area contributed by atoms with Crippen molar-refractivity contribution in [2.75, 3.05) is 25.0 Å². The Kier molecular flexibility index (Phi) is 5.62. The first kappa shape index (κ1) is 19.6. The molecule has 2 unspecified atom stereocenters. The Hall–Kier alpha value is -2.73. The summed E-state index contributed by atoms with van der Waals surface area (Å²) in [6.07, 6.45) is 2.00. The zero-order valence-corrected chi connectivity index (χ0v) is 16.4. The van der Waals surface area contributed by atoms with E-state index >= 15 is 0 Å². The topological polar surface area (TPSA) is 58.6 Å². The van der Waals surface area contributed by atoms with Crippen LogP contribution in [0.15, 0.2) is 48.5 Å². The molecule has 2 atom stereocenters. The maximum absolute atomic E-state index is 13.3. The third-order valence-corrected chi connectivity index (χ3v) is 5.51. The summed E-state index contributed by atoms with van der Waals surface area (Å²) in [4.78, 5) is 27.6. The number of carbonyl (C=O) groups is 2. The zero-order valence-electron chi connectivity index (χ0n) is 16.4. The Morgan fingerprint density at radius 2 is 1.93 bits per heavy atom. The summed E-state index contributed by atoms with van der Waals surface area (Å²) in [7, 11) is 0. The molecule has 2 amide bonds. The van der Waals surface area contributed by atoms with Gasteiger partial charge in [0, 0.05) is 24.3 Å². The van der Waals surface area contributed by atoms with Crippen LogP contribution in [-0.4, -0.2) is 42.5 Å². The Morgan fingerprint density at radius 1 is 1.17 bits per heavy atom. The van der Waals surface area contributed by atoms with Crippen molar-refractivity contribution in [1.82, 2.24) is 4.90 Å². The normalized spacial score (nSPS) is 20.2. The lowest BCUT2D eigenvalue weighted by Gasteiger charge is -2.31. The second kappa shape index (κ2) is 8.33. The Bertz CT molecular complexity index is 895. The standard InChI is InChI=1S/C23H25FN2O3/c1-15-14-26(11-12-29-15)23(28)18-3-2-4-20(13-18)25-22(27)21(16-5-6-16)17-7-9-19(24)10-8-17/h2-4,7-10,13,15-16,21H,5-6,11-12,14H2,1H3,(H,25,27). The largest absolute Gasteiger partial charge is 0.375 e. The fraction of sp³-hybridized carbons (Fsp3) is 0.391. The van der Waals surface area contributed by atoms with E-state index in [9.17, 15) is 14.0 Å². The van der Waals surface area contributed by atoms with Gasteiger partial charge >= 0.3 is 0 Å². The number of halogens is 1. The molecule has 0 aromatic heterocycles. The number of hydrogen-bond acceptors (Lipinski definition) is 3. The van der Waals surface area contributed by atoms with Crippen molar-refractivity contribution in [1.29, 1.82) is 0 Å². The van der Waals surface area contributed by atoms with Gasteiger partial charge in [-0.1, -0.05) is 18.2 Å². The number of hydrogen-bond donors (Lipinski definition) is 1. The fourth-order valence-corrected chi connectivity index (χ4v) is 3.87. The van der Waals surface area contributed by atoms with Gasteiger partial charge in [-0.2, -0.15) is 0 Å². The van der Waals surface area contributed by atoms with Gasteiger partial charge < -0.3 is 15.0 Å². The highest BCUT2D eigenvalue weighted by Crippen LogP contribution is 2.43. The molecule has 29 heavy (non-hydrogen) atoms. The molecule has 6 heteroatoms. The van der Waals surface area contributed by atoms with Crippen LogP contribution in [0.2, 0.25) is 0 Å².